The third kappa shape index (κ3) is 2.49. The molecule has 34 heavy (non-hydrogen) atoms. The van der Waals surface area contributed by atoms with Crippen molar-refractivity contribution in [3.8, 4) is 0 Å². The molecule has 0 aromatic rings. The van der Waals surface area contributed by atoms with Crippen LogP contribution in [0.2, 0.25) is 0 Å². The number of β-amino-alcohol motifs (C(OH)–C–C–N with tert-alkyl or cyclic N) is 1. The number of ketones is 1. The van der Waals surface area contributed by atoms with Gasteiger partial charge in [-0.3, -0.25) is 9.69 Å². The van der Waals surface area contributed by atoms with E-state index in [1.165, 1.54) is 44.1 Å². The van der Waals surface area contributed by atoms with Crippen molar-refractivity contribution < 1.29 is 14.6 Å². The number of ether oxygens (including phenoxy) is 1. The second kappa shape index (κ2) is 6.98. The highest BCUT2D eigenvalue weighted by atomic mass is 16.5. The van der Waals surface area contributed by atoms with Crippen molar-refractivity contribution in [1.29, 1.82) is 0 Å². The molecule has 4 heteroatoms. The maximum atomic E-state index is 12.2. The Bertz CT molecular complexity index is 945. The van der Waals surface area contributed by atoms with Gasteiger partial charge in [0.25, 0.3) is 0 Å². The van der Waals surface area contributed by atoms with Crippen molar-refractivity contribution in [3.05, 3.63) is 11.6 Å². The Hall–Kier alpha value is -0.710. The Balaban J connectivity index is 1.23. The molecule has 4 nitrogen and oxygen atoms in total. The van der Waals surface area contributed by atoms with Gasteiger partial charge in [-0.15, -0.1) is 0 Å². The molecule has 2 unspecified atom stereocenters. The lowest BCUT2D eigenvalue weighted by Crippen LogP contribution is -2.54. The van der Waals surface area contributed by atoms with Crippen LogP contribution in [-0.4, -0.2) is 53.2 Å². The smallest absolute Gasteiger partial charge is 0.155 e. The average Bonchev–Trinajstić information content (AvgIpc) is 3.13. The van der Waals surface area contributed by atoms with Gasteiger partial charge in [0, 0.05) is 36.9 Å². The average molecular weight is 468 g/mol. The van der Waals surface area contributed by atoms with E-state index in [1.807, 2.05) is 0 Å². The molecule has 4 saturated carbocycles. The van der Waals surface area contributed by atoms with Gasteiger partial charge in [-0.2, -0.15) is 0 Å². The zero-order valence-electron chi connectivity index (χ0n) is 21.8. The Morgan fingerprint density at radius 1 is 1.15 bits per heavy atom. The number of aliphatic hydroxyl groups is 1. The van der Waals surface area contributed by atoms with Crippen LogP contribution in [0.3, 0.4) is 0 Å². The van der Waals surface area contributed by atoms with Gasteiger partial charge in [0.15, 0.2) is 5.78 Å². The van der Waals surface area contributed by atoms with Crippen LogP contribution >= 0.6 is 0 Å². The molecule has 0 radical (unpaired) electrons. The summed E-state index contributed by atoms with van der Waals surface area (Å²) < 4.78 is 7.33. The number of carbonyl (C=O) groups excluding carboxylic acids is 1. The van der Waals surface area contributed by atoms with Gasteiger partial charge in [0.1, 0.15) is 0 Å². The van der Waals surface area contributed by atoms with E-state index in [4.69, 9.17) is 4.74 Å². The minimum absolute atomic E-state index is 0.00615. The first-order chi connectivity index (χ1) is 16.2. The van der Waals surface area contributed by atoms with Crippen LogP contribution in [-0.2, 0) is 9.53 Å². The summed E-state index contributed by atoms with van der Waals surface area (Å²) in [6.45, 7) is 12.1. The molecule has 2 spiro atoms. The number of nitrogens with zero attached hydrogens (tertiary/aromatic N) is 1. The normalized spacial score (nSPS) is 58.0. The summed E-state index contributed by atoms with van der Waals surface area (Å²) in [5, 5.41) is 9.79. The summed E-state index contributed by atoms with van der Waals surface area (Å²) in [6, 6.07) is 0.467. The molecule has 1 N–H and O–H groups in total. The molecule has 11 atom stereocenters. The third-order valence-corrected chi connectivity index (χ3v) is 13.2. The summed E-state index contributed by atoms with van der Waals surface area (Å²) in [4.78, 5) is 14.8. The lowest BCUT2D eigenvalue weighted by atomic mass is 9.56. The summed E-state index contributed by atoms with van der Waals surface area (Å²) in [5.41, 5.74) is 2.49. The largest absolute Gasteiger partial charge is 0.395 e. The molecule has 2 saturated heterocycles. The number of piperidine rings is 1. The zero-order chi connectivity index (χ0) is 23.7. The Kier molecular flexibility index (Phi) is 4.62. The van der Waals surface area contributed by atoms with Crippen LogP contribution in [0.15, 0.2) is 11.6 Å². The molecular formula is C30H45NO3. The number of carbonyl (C=O) groups is 1. The van der Waals surface area contributed by atoms with E-state index in [2.05, 4.69) is 38.7 Å². The van der Waals surface area contributed by atoms with Gasteiger partial charge in [-0.1, -0.05) is 33.3 Å². The number of hydrogen-bond acceptors (Lipinski definition) is 4. The monoisotopic (exact) mass is 467 g/mol. The topological polar surface area (TPSA) is 49.8 Å². The van der Waals surface area contributed by atoms with Gasteiger partial charge in [0.05, 0.1) is 18.3 Å². The standard InChI is InChI=1S/C30H45NO3/c1-18-13-25-26(31(16-18)11-12-32)19(2)30(34-25)10-8-23-22-6-5-20-14-21(33)7-9-27(20,3)24(22)15-29(23)17-28(29,30)4/h14,18-19,22-26,32H,5-13,15-17H2,1-4H3/t18-,19+,22-,23-,24-,25+,26-,27-,28?,29?,30+/m0/s1. The van der Waals surface area contributed by atoms with E-state index in [1.54, 1.807) is 0 Å². The van der Waals surface area contributed by atoms with Crippen molar-refractivity contribution in [2.24, 2.45) is 45.8 Å². The summed E-state index contributed by atoms with van der Waals surface area (Å²) >= 11 is 0. The molecule has 0 aromatic carbocycles. The second-order valence-electron chi connectivity index (χ2n) is 14.3. The number of fused-ring (bicyclic) bond motifs is 6. The number of likely N-dealkylation sites (tertiary alicyclic amines) is 1. The minimum Gasteiger partial charge on any atom is -0.395 e. The lowest BCUT2D eigenvalue weighted by Gasteiger charge is -2.50. The molecule has 6 fully saturated rings. The molecule has 7 aliphatic rings. The fourth-order valence-electron chi connectivity index (χ4n) is 11.8. The van der Waals surface area contributed by atoms with Gasteiger partial charge in [0.2, 0.25) is 0 Å². The van der Waals surface area contributed by atoms with Crippen molar-refractivity contribution in [2.45, 2.75) is 103 Å². The van der Waals surface area contributed by atoms with E-state index in [0.29, 0.717) is 35.2 Å². The summed E-state index contributed by atoms with van der Waals surface area (Å²) in [7, 11) is 0. The van der Waals surface area contributed by atoms with E-state index in [9.17, 15) is 9.90 Å². The molecule has 0 aromatic heterocycles. The molecule has 2 aliphatic heterocycles. The molecule has 0 amide bonds. The quantitative estimate of drug-likeness (QED) is 0.621. The first-order valence-electron chi connectivity index (χ1n) is 14.5. The first kappa shape index (κ1) is 22.5. The maximum Gasteiger partial charge on any atom is 0.155 e. The highest BCUT2D eigenvalue weighted by Crippen LogP contribution is 2.87. The summed E-state index contributed by atoms with van der Waals surface area (Å²) in [6.07, 6.45) is 13.1. The molecule has 0 bridgehead atoms. The first-order valence-corrected chi connectivity index (χ1v) is 14.5. The molecular weight excluding hydrogens is 422 g/mol. The van der Waals surface area contributed by atoms with Gasteiger partial charge < -0.3 is 9.84 Å². The maximum absolute atomic E-state index is 12.2. The Morgan fingerprint density at radius 2 is 1.97 bits per heavy atom. The second-order valence-corrected chi connectivity index (χ2v) is 14.3. The predicted molar refractivity (Wildman–Crippen MR) is 132 cm³/mol. The van der Waals surface area contributed by atoms with Crippen LogP contribution in [0.25, 0.3) is 0 Å². The van der Waals surface area contributed by atoms with E-state index in [0.717, 1.165) is 50.1 Å². The highest BCUT2D eigenvalue weighted by molar-refractivity contribution is 5.91. The van der Waals surface area contributed by atoms with Crippen LogP contribution in [0.4, 0.5) is 0 Å². The Labute approximate surface area is 205 Å². The number of hydrogen-bond donors (Lipinski definition) is 1. The summed E-state index contributed by atoms with van der Waals surface area (Å²) in [5.74, 6) is 4.00. The van der Waals surface area contributed by atoms with Crippen molar-refractivity contribution in [1.82, 2.24) is 4.90 Å². The molecule has 7 rings (SSSR count). The number of allylic oxidation sites excluding steroid dienone is 2. The van der Waals surface area contributed by atoms with E-state index < -0.39 is 0 Å². The fraction of sp³-hybridized carbons (Fsp3) is 0.900. The zero-order valence-corrected chi connectivity index (χ0v) is 21.8. The van der Waals surface area contributed by atoms with Crippen LogP contribution in [0.1, 0.15) is 85.5 Å². The number of rotatable bonds is 2. The minimum atomic E-state index is 0.00615. The van der Waals surface area contributed by atoms with Crippen LogP contribution < -0.4 is 0 Å². The van der Waals surface area contributed by atoms with Crippen molar-refractivity contribution in [3.63, 3.8) is 0 Å². The SMILES string of the molecule is C[C@H]1C[C@H]2O[C@]3(CC[C@H]4[C@@H]5CCC6=CC(=O)CC[C@]6(C)[C@H]5CC45CC53C)[C@H](C)[C@@H]2N(CCO)C1. The highest BCUT2D eigenvalue weighted by Gasteiger charge is 2.84. The van der Waals surface area contributed by atoms with E-state index >= 15 is 0 Å². The van der Waals surface area contributed by atoms with E-state index in [-0.39, 0.29) is 23.0 Å². The van der Waals surface area contributed by atoms with Crippen LogP contribution in [0.5, 0.6) is 0 Å². The predicted octanol–water partition coefficient (Wildman–Crippen LogP) is 4.99. The van der Waals surface area contributed by atoms with Crippen LogP contribution in [0, 0.1) is 45.8 Å². The lowest BCUT2D eigenvalue weighted by molar-refractivity contribution is -0.148. The molecule has 188 valence electrons. The van der Waals surface area contributed by atoms with Gasteiger partial charge in [-0.05, 0) is 91.9 Å². The van der Waals surface area contributed by atoms with Crippen molar-refractivity contribution >= 4 is 5.78 Å². The van der Waals surface area contributed by atoms with Gasteiger partial charge >= 0.3 is 0 Å². The molecule has 5 aliphatic carbocycles. The fourth-order valence-corrected chi connectivity index (χ4v) is 11.8. The number of aliphatic hydroxyl groups excluding tert-OH is 1. The third-order valence-electron chi connectivity index (χ3n) is 13.2. The van der Waals surface area contributed by atoms with Gasteiger partial charge in [-0.25, -0.2) is 0 Å². The Morgan fingerprint density at radius 3 is 2.76 bits per heavy atom. The molecule has 2 heterocycles. The van der Waals surface area contributed by atoms with Crippen molar-refractivity contribution in [2.75, 3.05) is 19.7 Å².